The van der Waals surface area contributed by atoms with Crippen molar-refractivity contribution in [2.24, 2.45) is 5.14 Å². The average molecular weight is 552 g/mol. The first-order valence-electron chi connectivity index (χ1n) is 13.8. The van der Waals surface area contributed by atoms with Crippen molar-refractivity contribution >= 4 is 15.9 Å². The predicted octanol–water partition coefficient (Wildman–Crippen LogP) is 4.95. The number of nitrogens with zero attached hydrogens (tertiary/aromatic N) is 3. The molecular formula is C30H41N5O3S. The van der Waals surface area contributed by atoms with Crippen molar-refractivity contribution in [2.45, 2.75) is 82.3 Å². The van der Waals surface area contributed by atoms with E-state index in [1.54, 1.807) is 12.1 Å². The van der Waals surface area contributed by atoms with Crippen LogP contribution in [0.4, 0.5) is 0 Å². The fourth-order valence-corrected chi connectivity index (χ4v) is 4.94. The van der Waals surface area contributed by atoms with Gasteiger partial charge in [0.1, 0.15) is 0 Å². The van der Waals surface area contributed by atoms with E-state index < -0.39 is 10.0 Å². The van der Waals surface area contributed by atoms with Gasteiger partial charge in [-0.3, -0.25) is 19.7 Å². The number of carbonyl (C=O) groups excluding carboxylic acids is 1. The van der Waals surface area contributed by atoms with Crippen molar-refractivity contribution in [3.05, 3.63) is 90.0 Å². The largest absolute Gasteiger partial charge is 0.352 e. The molecule has 1 amide bonds. The summed E-state index contributed by atoms with van der Waals surface area (Å²) in [7, 11) is -3.70. The van der Waals surface area contributed by atoms with Crippen LogP contribution in [0.3, 0.4) is 0 Å². The summed E-state index contributed by atoms with van der Waals surface area (Å²) < 4.78 is 22.6. The van der Waals surface area contributed by atoms with E-state index in [0.717, 1.165) is 62.3 Å². The van der Waals surface area contributed by atoms with Gasteiger partial charge in [0, 0.05) is 38.4 Å². The van der Waals surface area contributed by atoms with Crippen LogP contribution in [0.15, 0.2) is 78.0 Å². The highest BCUT2D eigenvalue weighted by atomic mass is 32.2. The topological polar surface area (TPSA) is 118 Å². The smallest absolute Gasteiger partial charge is 0.238 e. The molecule has 3 rings (SSSR count). The van der Waals surface area contributed by atoms with Crippen molar-refractivity contribution < 1.29 is 13.2 Å². The summed E-state index contributed by atoms with van der Waals surface area (Å²) in [5.74, 6) is 0.0199. The lowest BCUT2D eigenvalue weighted by molar-refractivity contribution is -0.121. The Bertz CT molecular complexity index is 1160. The summed E-state index contributed by atoms with van der Waals surface area (Å²) in [4.78, 5) is 23.6. The fraction of sp³-hybridized carbons (Fsp3) is 0.433. The fourth-order valence-electron chi connectivity index (χ4n) is 4.42. The zero-order valence-electron chi connectivity index (χ0n) is 22.7. The van der Waals surface area contributed by atoms with Crippen molar-refractivity contribution in [3.8, 4) is 0 Å². The molecule has 0 saturated heterocycles. The van der Waals surface area contributed by atoms with Crippen LogP contribution in [0.2, 0.25) is 0 Å². The molecule has 0 atom stereocenters. The summed E-state index contributed by atoms with van der Waals surface area (Å²) in [5.41, 5.74) is 3.01. The number of amides is 1. The third-order valence-corrected chi connectivity index (χ3v) is 7.52. The van der Waals surface area contributed by atoms with Gasteiger partial charge >= 0.3 is 0 Å². The molecule has 2 aromatic heterocycles. The first kappa shape index (κ1) is 30.4. The van der Waals surface area contributed by atoms with Gasteiger partial charge < -0.3 is 5.32 Å². The molecule has 2 heterocycles. The van der Waals surface area contributed by atoms with Gasteiger partial charge in [0.25, 0.3) is 0 Å². The van der Waals surface area contributed by atoms with Gasteiger partial charge in [-0.05, 0) is 61.3 Å². The summed E-state index contributed by atoms with van der Waals surface area (Å²) in [5, 5.41) is 7.99. The molecule has 8 nitrogen and oxygen atoms in total. The second-order valence-electron chi connectivity index (χ2n) is 9.90. The van der Waals surface area contributed by atoms with E-state index >= 15 is 0 Å². The maximum absolute atomic E-state index is 12.1. The molecule has 0 fully saturated rings. The Kier molecular flexibility index (Phi) is 13.1. The first-order chi connectivity index (χ1) is 18.9. The van der Waals surface area contributed by atoms with Crippen molar-refractivity contribution in [1.29, 1.82) is 0 Å². The number of primary sulfonamides is 1. The van der Waals surface area contributed by atoms with Crippen LogP contribution in [-0.4, -0.2) is 35.7 Å². The van der Waals surface area contributed by atoms with E-state index in [-0.39, 0.29) is 10.8 Å². The minimum atomic E-state index is -3.70. The van der Waals surface area contributed by atoms with Crippen LogP contribution in [0.5, 0.6) is 0 Å². The number of hydrogen-bond donors (Lipinski definition) is 2. The van der Waals surface area contributed by atoms with E-state index in [2.05, 4.69) is 32.3 Å². The van der Waals surface area contributed by atoms with Gasteiger partial charge in [0.15, 0.2) is 0 Å². The standard InChI is InChI=1S/C30H41N5O3S/c31-39(37,38)29-18-16-26(17-19-29)23-34-30(36)15-7-5-3-1-2-4-6-12-22-35(24-27-13-8-10-20-32-27)25-28-14-9-11-21-33-28/h8-11,13-14,16-21H,1-7,12,15,22-25H2,(H,34,36)(H2,31,37,38). The summed E-state index contributed by atoms with van der Waals surface area (Å²) in [6, 6.07) is 18.4. The van der Waals surface area contributed by atoms with Crippen LogP contribution < -0.4 is 10.5 Å². The number of unbranched alkanes of at least 4 members (excludes halogenated alkanes) is 7. The summed E-state index contributed by atoms with van der Waals surface area (Å²) in [6.45, 7) is 3.06. The van der Waals surface area contributed by atoms with Crippen LogP contribution >= 0.6 is 0 Å². The Morgan fingerprint density at radius 2 is 1.28 bits per heavy atom. The van der Waals surface area contributed by atoms with Crippen LogP contribution in [0.25, 0.3) is 0 Å². The Morgan fingerprint density at radius 1 is 0.744 bits per heavy atom. The van der Waals surface area contributed by atoms with Gasteiger partial charge in [-0.1, -0.05) is 62.8 Å². The maximum atomic E-state index is 12.1. The highest BCUT2D eigenvalue weighted by Gasteiger charge is 2.09. The van der Waals surface area contributed by atoms with Gasteiger partial charge in [-0.2, -0.15) is 0 Å². The molecule has 210 valence electrons. The van der Waals surface area contributed by atoms with Crippen molar-refractivity contribution in [1.82, 2.24) is 20.2 Å². The molecule has 0 spiro atoms. The molecule has 0 saturated carbocycles. The van der Waals surface area contributed by atoms with Gasteiger partial charge in [0.05, 0.1) is 16.3 Å². The highest BCUT2D eigenvalue weighted by Crippen LogP contribution is 2.13. The van der Waals surface area contributed by atoms with E-state index in [1.807, 2.05) is 36.7 Å². The van der Waals surface area contributed by atoms with Crippen molar-refractivity contribution in [2.75, 3.05) is 6.54 Å². The molecule has 0 aliphatic heterocycles. The number of hydrogen-bond acceptors (Lipinski definition) is 6. The van der Waals surface area contributed by atoms with E-state index in [1.165, 1.54) is 37.8 Å². The molecule has 0 unspecified atom stereocenters. The molecular weight excluding hydrogens is 510 g/mol. The van der Waals surface area contributed by atoms with Gasteiger partial charge in [-0.25, -0.2) is 13.6 Å². The van der Waals surface area contributed by atoms with Crippen LogP contribution in [0.1, 0.15) is 74.7 Å². The number of nitrogens with two attached hydrogens (primary N) is 1. The third kappa shape index (κ3) is 12.5. The lowest BCUT2D eigenvalue weighted by Crippen LogP contribution is -2.25. The Labute approximate surface area is 233 Å². The number of pyridine rings is 2. The number of aromatic nitrogens is 2. The highest BCUT2D eigenvalue weighted by molar-refractivity contribution is 7.89. The van der Waals surface area contributed by atoms with E-state index in [0.29, 0.717) is 13.0 Å². The Hall–Kier alpha value is -3.14. The number of benzene rings is 1. The molecule has 0 aliphatic rings. The minimum absolute atomic E-state index is 0.0199. The number of rotatable bonds is 18. The Morgan fingerprint density at radius 3 is 1.79 bits per heavy atom. The van der Waals surface area contributed by atoms with E-state index in [4.69, 9.17) is 5.14 Å². The molecule has 0 aliphatic carbocycles. The molecule has 39 heavy (non-hydrogen) atoms. The van der Waals surface area contributed by atoms with E-state index in [9.17, 15) is 13.2 Å². The molecule has 0 radical (unpaired) electrons. The first-order valence-corrected chi connectivity index (χ1v) is 15.4. The molecule has 3 N–H and O–H groups in total. The zero-order valence-corrected chi connectivity index (χ0v) is 23.5. The predicted molar refractivity (Wildman–Crippen MR) is 154 cm³/mol. The van der Waals surface area contributed by atoms with Gasteiger partial charge in [-0.15, -0.1) is 0 Å². The van der Waals surface area contributed by atoms with Crippen molar-refractivity contribution in [3.63, 3.8) is 0 Å². The number of nitrogens with one attached hydrogen (secondary N) is 1. The molecule has 3 aromatic rings. The molecule has 9 heteroatoms. The monoisotopic (exact) mass is 551 g/mol. The lowest BCUT2D eigenvalue weighted by Gasteiger charge is -2.21. The SMILES string of the molecule is NS(=O)(=O)c1ccc(CNC(=O)CCCCCCCCCCN(Cc2ccccn2)Cc2ccccn2)cc1. The normalized spacial score (nSPS) is 11.5. The minimum Gasteiger partial charge on any atom is -0.352 e. The quantitative estimate of drug-likeness (QED) is 0.216. The summed E-state index contributed by atoms with van der Waals surface area (Å²) in [6.07, 6.45) is 13.3. The second kappa shape index (κ2) is 16.7. The summed E-state index contributed by atoms with van der Waals surface area (Å²) >= 11 is 0. The van der Waals surface area contributed by atoms with Crippen LogP contribution in [-0.2, 0) is 34.5 Å². The average Bonchev–Trinajstić information content (AvgIpc) is 2.93. The second-order valence-corrected chi connectivity index (χ2v) is 11.5. The number of carbonyl (C=O) groups is 1. The van der Waals surface area contributed by atoms with Gasteiger partial charge in [0.2, 0.25) is 15.9 Å². The molecule has 1 aromatic carbocycles. The lowest BCUT2D eigenvalue weighted by atomic mass is 10.1. The zero-order chi connectivity index (χ0) is 27.8. The third-order valence-electron chi connectivity index (χ3n) is 6.59. The molecule has 0 bridgehead atoms. The van der Waals surface area contributed by atoms with Crippen LogP contribution in [0, 0.1) is 0 Å². The Balaban J connectivity index is 1.21. The number of sulfonamides is 1. The maximum Gasteiger partial charge on any atom is 0.238 e.